The van der Waals surface area contributed by atoms with Gasteiger partial charge in [0.1, 0.15) is 0 Å². The minimum Gasteiger partial charge on any atom is -0.316 e. The lowest BCUT2D eigenvalue weighted by molar-refractivity contribution is 0.473. The Bertz CT molecular complexity index is 282. The summed E-state index contributed by atoms with van der Waals surface area (Å²) >= 11 is 0. The van der Waals surface area contributed by atoms with Crippen LogP contribution in [0.1, 0.15) is 51.9 Å². The van der Waals surface area contributed by atoms with E-state index in [1.807, 2.05) is 6.92 Å². The van der Waals surface area contributed by atoms with Crippen molar-refractivity contribution >= 4 is 9.84 Å². The van der Waals surface area contributed by atoms with Crippen molar-refractivity contribution in [1.29, 1.82) is 0 Å². The van der Waals surface area contributed by atoms with Crippen LogP contribution in [0.5, 0.6) is 0 Å². The van der Waals surface area contributed by atoms with E-state index in [0.29, 0.717) is 18.1 Å². The van der Waals surface area contributed by atoms with Crippen LogP contribution >= 0.6 is 0 Å². The smallest absolute Gasteiger partial charge is 0.151 e. The third kappa shape index (κ3) is 7.04. The second-order valence-corrected chi connectivity index (χ2v) is 7.50. The monoisotopic (exact) mass is 261 g/mol. The first-order chi connectivity index (χ1) is 8.14. The lowest BCUT2D eigenvalue weighted by atomic mass is 10.0. The van der Waals surface area contributed by atoms with Crippen molar-refractivity contribution in [2.75, 3.05) is 24.6 Å². The van der Waals surface area contributed by atoms with Gasteiger partial charge in [-0.25, -0.2) is 8.42 Å². The molecule has 0 saturated heterocycles. The van der Waals surface area contributed by atoms with Crippen molar-refractivity contribution in [3.8, 4) is 0 Å². The molecule has 1 rings (SSSR count). The van der Waals surface area contributed by atoms with Crippen molar-refractivity contribution in [3.63, 3.8) is 0 Å². The van der Waals surface area contributed by atoms with Gasteiger partial charge in [0.2, 0.25) is 0 Å². The number of sulfone groups is 1. The van der Waals surface area contributed by atoms with Crippen molar-refractivity contribution in [2.45, 2.75) is 51.9 Å². The highest BCUT2D eigenvalue weighted by Gasteiger charge is 2.14. The van der Waals surface area contributed by atoms with Crippen LogP contribution in [0.4, 0.5) is 0 Å². The van der Waals surface area contributed by atoms with Crippen LogP contribution in [0.3, 0.4) is 0 Å². The van der Waals surface area contributed by atoms with E-state index in [9.17, 15) is 8.42 Å². The minimum atomic E-state index is -2.80. The molecule has 102 valence electrons. The molecule has 0 aromatic heterocycles. The second-order valence-electron chi connectivity index (χ2n) is 5.19. The molecule has 0 atom stereocenters. The van der Waals surface area contributed by atoms with E-state index in [1.165, 1.54) is 38.5 Å². The fourth-order valence-electron chi connectivity index (χ4n) is 2.58. The number of rotatable bonds is 9. The van der Waals surface area contributed by atoms with Gasteiger partial charge in [-0.1, -0.05) is 32.6 Å². The molecule has 0 aromatic rings. The predicted molar refractivity (Wildman–Crippen MR) is 73.0 cm³/mol. The molecule has 0 radical (unpaired) electrons. The van der Waals surface area contributed by atoms with Gasteiger partial charge in [-0.05, 0) is 31.7 Å². The largest absolute Gasteiger partial charge is 0.316 e. The van der Waals surface area contributed by atoms with Crippen LogP contribution in [0.2, 0.25) is 0 Å². The zero-order valence-corrected chi connectivity index (χ0v) is 11.9. The fourth-order valence-corrected chi connectivity index (χ4v) is 3.86. The summed E-state index contributed by atoms with van der Waals surface area (Å²) in [4.78, 5) is 0. The molecule has 1 fully saturated rings. The highest BCUT2D eigenvalue weighted by molar-refractivity contribution is 7.91. The molecule has 4 heteroatoms. The van der Waals surface area contributed by atoms with Crippen molar-refractivity contribution < 1.29 is 8.42 Å². The molecule has 0 bridgehead atoms. The topological polar surface area (TPSA) is 46.2 Å². The summed E-state index contributed by atoms with van der Waals surface area (Å²) < 4.78 is 22.9. The third-order valence-electron chi connectivity index (χ3n) is 3.55. The van der Waals surface area contributed by atoms with Gasteiger partial charge in [0.05, 0.1) is 5.75 Å². The van der Waals surface area contributed by atoms with Gasteiger partial charge in [-0.15, -0.1) is 0 Å². The normalized spacial score (nSPS) is 17.7. The van der Waals surface area contributed by atoms with E-state index in [4.69, 9.17) is 0 Å². The summed E-state index contributed by atoms with van der Waals surface area (Å²) in [5.74, 6) is 1.57. The Balaban J connectivity index is 1.93. The van der Waals surface area contributed by atoms with Gasteiger partial charge in [0.15, 0.2) is 9.84 Å². The van der Waals surface area contributed by atoms with Gasteiger partial charge in [0.25, 0.3) is 0 Å². The Labute approximate surface area is 106 Å². The summed E-state index contributed by atoms with van der Waals surface area (Å²) in [6.07, 6.45) is 8.87. The van der Waals surface area contributed by atoms with E-state index in [0.717, 1.165) is 18.9 Å². The SMILES string of the molecule is CCCS(=O)(=O)CCNCCCC1CCCC1. The zero-order chi connectivity index (χ0) is 12.6. The van der Waals surface area contributed by atoms with E-state index >= 15 is 0 Å². The number of hydrogen-bond donors (Lipinski definition) is 1. The second kappa shape index (κ2) is 8.09. The van der Waals surface area contributed by atoms with E-state index in [-0.39, 0.29) is 0 Å². The highest BCUT2D eigenvalue weighted by atomic mass is 32.2. The van der Waals surface area contributed by atoms with Crippen LogP contribution in [0.25, 0.3) is 0 Å². The molecule has 17 heavy (non-hydrogen) atoms. The van der Waals surface area contributed by atoms with Crippen LogP contribution in [0, 0.1) is 5.92 Å². The summed E-state index contributed by atoms with van der Waals surface area (Å²) in [5, 5.41) is 3.24. The fraction of sp³-hybridized carbons (Fsp3) is 1.00. The molecule has 1 N–H and O–H groups in total. The molecule has 0 spiro atoms. The Morgan fingerprint density at radius 2 is 1.82 bits per heavy atom. The average Bonchev–Trinajstić information content (AvgIpc) is 2.76. The standard InChI is InChI=1S/C13H27NO2S/c1-2-11-17(15,16)12-10-14-9-5-8-13-6-3-4-7-13/h13-14H,2-12H2,1H3. The lowest BCUT2D eigenvalue weighted by Crippen LogP contribution is -2.25. The van der Waals surface area contributed by atoms with Crippen LogP contribution in [-0.4, -0.2) is 33.0 Å². The van der Waals surface area contributed by atoms with Crippen LogP contribution in [0.15, 0.2) is 0 Å². The molecule has 3 nitrogen and oxygen atoms in total. The third-order valence-corrected chi connectivity index (χ3v) is 5.40. The first-order valence-corrected chi connectivity index (χ1v) is 8.87. The Morgan fingerprint density at radius 1 is 1.12 bits per heavy atom. The summed E-state index contributed by atoms with van der Waals surface area (Å²) in [6.45, 7) is 3.50. The maximum Gasteiger partial charge on any atom is 0.151 e. The molecule has 0 aliphatic heterocycles. The number of hydrogen-bond acceptors (Lipinski definition) is 3. The van der Waals surface area contributed by atoms with Gasteiger partial charge in [-0.2, -0.15) is 0 Å². The molecule has 1 saturated carbocycles. The summed E-state index contributed by atoms with van der Waals surface area (Å²) in [5.41, 5.74) is 0. The zero-order valence-electron chi connectivity index (χ0n) is 11.1. The maximum atomic E-state index is 11.4. The van der Waals surface area contributed by atoms with E-state index in [2.05, 4.69) is 5.32 Å². The Hall–Kier alpha value is -0.0900. The molecule has 0 amide bonds. The van der Waals surface area contributed by atoms with Crippen molar-refractivity contribution in [1.82, 2.24) is 5.32 Å². The van der Waals surface area contributed by atoms with Gasteiger partial charge in [0, 0.05) is 12.3 Å². The maximum absolute atomic E-state index is 11.4. The Kier molecular flexibility index (Phi) is 7.12. The number of nitrogens with one attached hydrogen (secondary N) is 1. The van der Waals surface area contributed by atoms with Crippen LogP contribution < -0.4 is 5.32 Å². The minimum absolute atomic E-state index is 0.296. The summed E-state index contributed by atoms with van der Waals surface area (Å²) in [7, 11) is -2.80. The van der Waals surface area contributed by atoms with E-state index in [1.54, 1.807) is 0 Å². The predicted octanol–water partition coefficient (Wildman–Crippen LogP) is 2.37. The summed E-state index contributed by atoms with van der Waals surface area (Å²) in [6, 6.07) is 0. The molecule has 0 unspecified atom stereocenters. The molecule has 1 aliphatic rings. The van der Waals surface area contributed by atoms with Gasteiger partial charge < -0.3 is 5.32 Å². The van der Waals surface area contributed by atoms with Gasteiger partial charge in [-0.3, -0.25) is 0 Å². The Morgan fingerprint density at radius 3 is 2.47 bits per heavy atom. The first-order valence-electron chi connectivity index (χ1n) is 7.05. The lowest BCUT2D eigenvalue weighted by Gasteiger charge is -2.09. The first kappa shape index (κ1) is 15.0. The highest BCUT2D eigenvalue weighted by Crippen LogP contribution is 2.28. The quantitative estimate of drug-likeness (QED) is 0.648. The molecule has 1 aliphatic carbocycles. The van der Waals surface area contributed by atoms with Crippen LogP contribution in [-0.2, 0) is 9.84 Å². The van der Waals surface area contributed by atoms with Crippen molar-refractivity contribution in [3.05, 3.63) is 0 Å². The average molecular weight is 261 g/mol. The van der Waals surface area contributed by atoms with Gasteiger partial charge >= 0.3 is 0 Å². The van der Waals surface area contributed by atoms with Crippen molar-refractivity contribution in [2.24, 2.45) is 5.92 Å². The van der Waals surface area contributed by atoms with E-state index < -0.39 is 9.84 Å². The molecular formula is C13H27NO2S. The molecule has 0 heterocycles. The molecular weight excluding hydrogens is 234 g/mol. The molecule has 0 aromatic carbocycles.